The van der Waals surface area contributed by atoms with Gasteiger partial charge in [-0.25, -0.2) is 0 Å². The Labute approximate surface area is 134 Å². The van der Waals surface area contributed by atoms with E-state index in [1.165, 1.54) is 5.56 Å². The molecule has 0 radical (unpaired) electrons. The van der Waals surface area contributed by atoms with Crippen LogP contribution in [0.1, 0.15) is 21.5 Å². The molecule has 20 heavy (non-hydrogen) atoms. The van der Waals surface area contributed by atoms with Crippen molar-refractivity contribution in [1.82, 2.24) is 0 Å². The molecule has 1 unspecified atom stereocenters. The van der Waals surface area contributed by atoms with Gasteiger partial charge in [0.2, 0.25) is 0 Å². The lowest BCUT2D eigenvalue weighted by Gasteiger charge is -2.12. The summed E-state index contributed by atoms with van der Waals surface area (Å²) >= 11 is 7.13. The molecule has 0 aliphatic heterocycles. The Morgan fingerprint density at radius 2 is 1.95 bits per heavy atom. The van der Waals surface area contributed by atoms with Crippen LogP contribution in [0.4, 0.5) is 5.69 Å². The largest absolute Gasteiger partial charge is 0.272 e. The Morgan fingerprint density at radius 3 is 2.60 bits per heavy atom. The van der Waals surface area contributed by atoms with Crippen LogP contribution in [0.25, 0.3) is 0 Å². The lowest BCUT2D eigenvalue weighted by molar-refractivity contribution is -0.385. The molecule has 0 aromatic heterocycles. The number of rotatable bonds is 4. The summed E-state index contributed by atoms with van der Waals surface area (Å²) in [7, 11) is 0. The number of para-hydroxylation sites is 1. The third-order valence-electron chi connectivity index (χ3n) is 3.15. The molecule has 2 rings (SSSR count). The molecule has 2 aromatic rings. The Bertz CT molecular complexity index is 644. The van der Waals surface area contributed by atoms with Gasteiger partial charge in [0, 0.05) is 20.9 Å². The van der Waals surface area contributed by atoms with Crippen molar-refractivity contribution in [2.45, 2.75) is 18.2 Å². The zero-order chi connectivity index (χ0) is 14.7. The minimum absolute atomic E-state index is 0.0421. The number of nitrogens with zero attached hydrogens (tertiary/aromatic N) is 1. The molecular formula is C15H13Br2NO2. The number of halogens is 2. The van der Waals surface area contributed by atoms with E-state index in [0.717, 1.165) is 15.6 Å². The van der Waals surface area contributed by atoms with Gasteiger partial charge in [-0.2, -0.15) is 0 Å². The molecule has 0 saturated carbocycles. The Balaban J connectivity index is 2.25. The first-order valence-electron chi connectivity index (χ1n) is 6.11. The molecule has 0 N–H and O–H groups in total. The molecule has 0 aliphatic carbocycles. The molecule has 104 valence electrons. The van der Waals surface area contributed by atoms with Crippen molar-refractivity contribution in [3.8, 4) is 0 Å². The predicted octanol–water partition coefficient (Wildman–Crippen LogP) is 5.34. The van der Waals surface area contributed by atoms with Crippen LogP contribution in [0.15, 0.2) is 46.9 Å². The van der Waals surface area contributed by atoms with Gasteiger partial charge in [-0.3, -0.25) is 10.1 Å². The molecular weight excluding hydrogens is 386 g/mol. The predicted molar refractivity (Wildman–Crippen MR) is 87.3 cm³/mol. The monoisotopic (exact) mass is 397 g/mol. The van der Waals surface area contributed by atoms with Gasteiger partial charge < -0.3 is 0 Å². The van der Waals surface area contributed by atoms with Crippen molar-refractivity contribution in [3.05, 3.63) is 73.7 Å². The third kappa shape index (κ3) is 3.46. The molecule has 0 aliphatic rings. The molecule has 0 spiro atoms. The van der Waals surface area contributed by atoms with Crippen LogP contribution in [0.3, 0.4) is 0 Å². The minimum atomic E-state index is -0.333. The smallest absolute Gasteiger partial charge is 0.258 e. The zero-order valence-electron chi connectivity index (χ0n) is 10.8. The lowest BCUT2D eigenvalue weighted by Crippen LogP contribution is -2.00. The molecule has 0 amide bonds. The number of hydrogen-bond acceptors (Lipinski definition) is 2. The summed E-state index contributed by atoms with van der Waals surface area (Å²) in [6, 6.07) is 13.0. The normalized spacial score (nSPS) is 12.2. The second kappa shape index (κ2) is 6.50. The van der Waals surface area contributed by atoms with Crippen molar-refractivity contribution in [3.63, 3.8) is 0 Å². The number of benzene rings is 2. The van der Waals surface area contributed by atoms with Gasteiger partial charge >= 0.3 is 0 Å². The topological polar surface area (TPSA) is 43.1 Å². The fourth-order valence-electron chi connectivity index (χ4n) is 1.98. The van der Waals surface area contributed by atoms with E-state index < -0.39 is 0 Å². The number of nitro benzene ring substituents is 1. The average molecular weight is 399 g/mol. The number of alkyl halides is 1. The van der Waals surface area contributed by atoms with Crippen LogP contribution in [0.5, 0.6) is 0 Å². The van der Waals surface area contributed by atoms with E-state index in [4.69, 9.17) is 0 Å². The standard InChI is InChI=1S/C15H13Br2NO2/c1-10-6-7-11(8-13(10)16)14(17)9-12-4-2-3-5-15(12)18(19)20/h2-8,14H,9H2,1H3. The van der Waals surface area contributed by atoms with Crippen molar-refractivity contribution < 1.29 is 4.92 Å². The highest BCUT2D eigenvalue weighted by Gasteiger charge is 2.17. The number of aryl methyl sites for hydroxylation is 1. The fraction of sp³-hybridized carbons (Fsp3) is 0.200. The average Bonchev–Trinajstić information content (AvgIpc) is 2.42. The minimum Gasteiger partial charge on any atom is -0.258 e. The van der Waals surface area contributed by atoms with Gasteiger partial charge in [0.1, 0.15) is 0 Å². The van der Waals surface area contributed by atoms with Gasteiger partial charge in [0.05, 0.1) is 4.92 Å². The molecule has 0 saturated heterocycles. The van der Waals surface area contributed by atoms with E-state index in [2.05, 4.69) is 31.9 Å². The zero-order valence-corrected chi connectivity index (χ0v) is 14.0. The molecule has 5 heteroatoms. The van der Waals surface area contributed by atoms with Crippen LogP contribution in [0, 0.1) is 17.0 Å². The summed E-state index contributed by atoms with van der Waals surface area (Å²) in [5.41, 5.74) is 3.17. The van der Waals surface area contributed by atoms with Gasteiger partial charge in [-0.15, -0.1) is 0 Å². The summed E-state index contributed by atoms with van der Waals surface area (Å²) in [5.74, 6) is 0. The SMILES string of the molecule is Cc1ccc(C(Br)Cc2ccccc2[N+](=O)[O-])cc1Br. The number of hydrogen-bond donors (Lipinski definition) is 0. The lowest BCUT2D eigenvalue weighted by atomic mass is 10.0. The summed E-state index contributed by atoms with van der Waals surface area (Å²) in [4.78, 5) is 10.7. The summed E-state index contributed by atoms with van der Waals surface area (Å²) in [6.45, 7) is 2.03. The highest BCUT2D eigenvalue weighted by atomic mass is 79.9. The Hall–Kier alpha value is -1.20. The first-order valence-corrected chi connectivity index (χ1v) is 7.82. The van der Waals surface area contributed by atoms with E-state index in [1.807, 2.05) is 31.2 Å². The van der Waals surface area contributed by atoms with E-state index >= 15 is 0 Å². The highest BCUT2D eigenvalue weighted by molar-refractivity contribution is 9.10. The van der Waals surface area contributed by atoms with Gasteiger partial charge in [0.25, 0.3) is 5.69 Å². The molecule has 0 bridgehead atoms. The van der Waals surface area contributed by atoms with Crippen molar-refractivity contribution in [2.24, 2.45) is 0 Å². The van der Waals surface area contributed by atoms with Crippen LogP contribution in [0.2, 0.25) is 0 Å². The third-order valence-corrected chi connectivity index (χ3v) is 4.85. The maximum absolute atomic E-state index is 11.0. The highest BCUT2D eigenvalue weighted by Crippen LogP contribution is 2.32. The van der Waals surface area contributed by atoms with E-state index in [-0.39, 0.29) is 15.4 Å². The van der Waals surface area contributed by atoms with Crippen LogP contribution in [-0.2, 0) is 6.42 Å². The summed E-state index contributed by atoms with van der Waals surface area (Å²) in [5, 5.41) is 11.0. The van der Waals surface area contributed by atoms with Gasteiger partial charge in [0.15, 0.2) is 0 Å². The van der Waals surface area contributed by atoms with Crippen molar-refractivity contribution in [1.29, 1.82) is 0 Å². The Kier molecular flexibility index (Phi) is 4.94. The van der Waals surface area contributed by atoms with Crippen LogP contribution in [-0.4, -0.2) is 4.92 Å². The molecule has 0 heterocycles. The second-order valence-electron chi connectivity index (χ2n) is 4.57. The number of nitro groups is 1. The summed E-state index contributed by atoms with van der Waals surface area (Å²) < 4.78 is 1.04. The first-order chi connectivity index (χ1) is 9.49. The van der Waals surface area contributed by atoms with Crippen molar-refractivity contribution >= 4 is 37.5 Å². The second-order valence-corrected chi connectivity index (χ2v) is 6.53. The van der Waals surface area contributed by atoms with Gasteiger partial charge in [-0.05, 0) is 30.5 Å². The molecule has 2 aromatic carbocycles. The summed E-state index contributed by atoms with van der Waals surface area (Å²) in [6.07, 6.45) is 0.576. The van der Waals surface area contributed by atoms with Gasteiger partial charge in [-0.1, -0.05) is 62.2 Å². The fourth-order valence-corrected chi connectivity index (χ4v) is 3.01. The first kappa shape index (κ1) is 15.2. The molecule has 0 fully saturated rings. The van der Waals surface area contributed by atoms with Crippen molar-refractivity contribution in [2.75, 3.05) is 0 Å². The maximum Gasteiger partial charge on any atom is 0.272 e. The van der Waals surface area contributed by atoms with Crippen LogP contribution >= 0.6 is 31.9 Å². The van der Waals surface area contributed by atoms with E-state index in [1.54, 1.807) is 18.2 Å². The van der Waals surface area contributed by atoms with Crippen LogP contribution < -0.4 is 0 Å². The van der Waals surface area contributed by atoms with E-state index in [9.17, 15) is 10.1 Å². The molecule has 1 atom stereocenters. The Morgan fingerprint density at radius 1 is 1.25 bits per heavy atom. The maximum atomic E-state index is 11.0. The molecule has 3 nitrogen and oxygen atoms in total. The van der Waals surface area contributed by atoms with E-state index in [0.29, 0.717) is 6.42 Å². The quantitative estimate of drug-likeness (QED) is 0.396.